The van der Waals surface area contributed by atoms with Gasteiger partial charge in [-0.3, -0.25) is 0 Å². The number of aliphatic carboxylic acids is 2. The van der Waals surface area contributed by atoms with Crippen LogP contribution in [-0.4, -0.2) is 22.2 Å². The first kappa shape index (κ1) is 13.7. The molecule has 0 bridgehead atoms. The van der Waals surface area contributed by atoms with Gasteiger partial charge in [-0.1, -0.05) is 31.8 Å². The lowest BCUT2D eigenvalue weighted by atomic mass is 10.0. The third-order valence-electron chi connectivity index (χ3n) is 2.26. The van der Waals surface area contributed by atoms with E-state index in [1.54, 1.807) is 6.92 Å². The summed E-state index contributed by atoms with van der Waals surface area (Å²) in [6, 6.07) is 0. The van der Waals surface area contributed by atoms with E-state index in [0.717, 1.165) is 25.7 Å². The number of rotatable bonds is 7. The van der Waals surface area contributed by atoms with Crippen molar-refractivity contribution in [3.05, 3.63) is 11.1 Å². The molecule has 0 radical (unpaired) electrons. The van der Waals surface area contributed by atoms with Crippen molar-refractivity contribution in [3.63, 3.8) is 0 Å². The molecule has 0 unspecified atom stereocenters. The van der Waals surface area contributed by atoms with Crippen molar-refractivity contribution >= 4 is 11.9 Å². The van der Waals surface area contributed by atoms with Crippen LogP contribution >= 0.6 is 0 Å². The van der Waals surface area contributed by atoms with Crippen molar-refractivity contribution in [2.24, 2.45) is 0 Å². The highest BCUT2D eigenvalue weighted by molar-refractivity contribution is 6.13. The van der Waals surface area contributed by atoms with E-state index in [4.69, 9.17) is 10.2 Å². The molecule has 0 aliphatic heterocycles. The van der Waals surface area contributed by atoms with E-state index in [9.17, 15) is 9.59 Å². The van der Waals surface area contributed by atoms with Crippen LogP contribution in [0.3, 0.4) is 0 Å². The zero-order valence-electron chi connectivity index (χ0n) is 9.25. The summed E-state index contributed by atoms with van der Waals surface area (Å²) < 4.78 is 0. The van der Waals surface area contributed by atoms with E-state index in [1.165, 1.54) is 0 Å². The fourth-order valence-corrected chi connectivity index (χ4v) is 1.40. The molecular weight excluding hydrogens is 196 g/mol. The first-order valence-corrected chi connectivity index (χ1v) is 5.17. The zero-order valence-corrected chi connectivity index (χ0v) is 9.25. The fraction of sp³-hybridized carbons (Fsp3) is 0.636. The lowest BCUT2D eigenvalue weighted by molar-refractivity contribution is -0.140. The SMILES string of the molecule is CCCCCCC(C)=C(C(=O)O)C(=O)O. The number of carbonyl (C=O) groups is 2. The lowest BCUT2D eigenvalue weighted by Gasteiger charge is -2.04. The number of unbranched alkanes of at least 4 members (excludes halogenated alkanes) is 3. The summed E-state index contributed by atoms with van der Waals surface area (Å²) >= 11 is 0. The van der Waals surface area contributed by atoms with E-state index >= 15 is 0 Å². The third-order valence-corrected chi connectivity index (χ3v) is 2.26. The average Bonchev–Trinajstić information content (AvgIpc) is 2.11. The van der Waals surface area contributed by atoms with Crippen molar-refractivity contribution in [2.45, 2.75) is 46.0 Å². The van der Waals surface area contributed by atoms with Crippen LogP contribution in [0.2, 0.25) is 0 Å². The summed E-state index contributed by atoms with van der Waals surface area (Å²) in [7, 11) is 0. The molecule has 86 valence electrons. The van der Waals surface area contributed by atoms with Gasteiger partial charge in [0, 0.05) is 0 Å². The number of carboxylic acids is 2. The van der Waals surface area contributed by atoms with Gasteiger partial charge < -0.3 is 10.2 Å². The van der Waals surface area contributed by atoms with E-state index in [1.807, 2.05) is 0 Å². The molecule has 2 N–H and O–H groups in total. The Balaban J connectivity index is 4.33. The van der Waals surface area contributed by atoms with Gasteiger partial charge in [0.2, 0.25) is 0 Å². The number of hydrogen-bond acceptors (Lipinski definition) is 2. The molecule has 0 amide bonds. The van der Waals surface area contributed by atoms with Gasteiger partial charge in [-0.15, -0.1) is 0 Å². The molecule has 0 atom stereocenters. The average molecular weight is 214 g/mol. The van der Waals surface area contributed by atoms with Crippen LogP contribution in [0, 0.1) is 0 Å². The first-order valence-electron chi connectivity index (χ1n) is 5.17. The van der Waals surface area contributed by atoms with Crippen molar-refractivity contribution in [3.8, 4) is 0 Å². The van der Waals surface area contributed by atoms with Gasteiger partial charge in [-0.2, -0.15) is 0 Å². The van der Waals surface area contributed by atoms with Crippen molar-refractivity contribution < 1.29 is 19.8 Å². The van der Waals surface area contributed by atoms with Crippen molar-refractivity contribution in [2.75, 3.05) is 0 Å². The van der Waals surface area contributed by atoms with Crippen LogP contribution in [0.15, 0.2) is 11.1 Å². The summed E-state index contributed by atoms with van der Waals surface area (Å²) in [4.78, 5) is 21.3. The van der Waals surface area contributed by atoms with Crippen LogP contribution in [-0.2, 0) is 9.59 Å². The summed E-state index contributed by atoms with van der Waals surface area (Å²) in [5.41, 5.74) is -0.0300. The quantitative estimate of drug-likeness (QED) is 0.295. The maximum atomic E-state index is 10.6. The highest BCUT2D eigenvalue weighted by atomic mass is 16.4. The normalized spacial score (nSPS) is 9.73. The second kappa shape index (κ2) is 7.04. The predicted octanol–water partition coefficient (Wildman–Crippen LogP) is 2.44. The molecule has 0 aliphatic rings. The lowest BCUT2D eigenvalue weighted by Crippen LogP contribution is -2.13. The Morgan fingerprint density at radius 3 is 1.93 bits per heavy atom. The molecule has 4 heteroatoms. The minimum Gasteiger partial charge on any atom is -0.477 e. The summed E-state index contributed by atoms with van der Waals surface area (Å²) in [5.74, 6) is -2.70. The zero-order chi connectivity index (χ0) is 11.8. The van der Waals surface area contributed by atoms with Crippen molar-refractivity contribution in [1.29, 1.82) is 0 Å². The largest absolute Gasteiger partial charge is 0.477 e. The Labute approximate surface area is 89.6 Å². The smallest absolute Gasteiger partial charge is 0.343 e. The summed E-state index contributed by atoms with van der Waals surface area (Å²) in [5, 5.41) is 17.4. The van der Waals surface area contributed by atoms with Gasteiger partial charge in [0.15, 0.2) is 0 Å². The molecule has 0 rings (SSSR count). The van der Waals surface area contributed by atoms with Crippen LogP contribution in [0.25, 0.3) is 0 Å². The molecule has 0 saturated carbocycles. The Kier molecular flexibility index (Phi) is 6.42. The van der Waals surface area contributed by atoms with Gasteiger partial charge >= 0.3 is 11.9 Å². The molecule has 0 aromatic heterocycles. The van der Waals surface area contributed by atoms with Crippen molar-refractivity contribution in [1.82, 2.24) is 0 Å². The van der Waals surface area contributed by atoms with Gasteiger partial charge in [-0.25, -0.2) is 9.59 Å². The predicted molar refractivity (Wildman–Crippen MR) is 56.7 cm³/mol. The summed E-state index contributed by atoms with van der Waals surface area (Å²) in [6.07, 6.45) is 4.62. The van der Waals surface area contributed by atoms with E-state index < -0.39 is 17.5 Å². The highest BCUT2D eigenvalue weighted by Gasteiger charge is 2.18. The van der Waals surface area contributed by atoms with Gasteiger partial charge in [-0.05, 0) is 19.8 Å². The molecule has 0 aromatic rings. The Morgan fingerprint density at radius 1 is 1.00 bits per heavy atom. The van der Waals surface area contributed by atoms with Crippen LogP contribution in [0.4, 0.5) is 0 Å². The van der Waals surface area contributed by atoms with E-state index in [2.05, 4.69) is 6.92 Å². The molecule has 15 heavy (non-hydrogen) atoms. The topological polar surface area (TPSA) is 74.6 Å². The Morgan fingerprint density at radius 2 is 1.53 bits per heavy atom. The molecule has 0 saturated heterocycles. The van der Waals surface area contributed by atoms with Gasteiger partial charge in [0.25, 0.3) is 0 Å². The Hall–Kier alpha value is -1.32. The van der Waals surface area contributed by atoms with E-state index in [0.29, 0.717) is 12.0 Å². The van der Waals surface area contributed by atoms with E-state index in [-0.39, 0.29) is 0 Å². The molecule has 0 spiro atoms. The third kappa shape index (κ3) is 5.20. The molecule has 0 heterocycles. The Bertz CT molecular complexity index is 250. The van der Waals surface area contributed by atoms with Crippen LogP contribution in [0.5, 0.6) is 0 Å². The maximum Gasteiger partial charge on any atom is 0.343 e. The standard InChI is InChI=1S/C11H18O4/c1-3-4-5-6-7-8(2)9(10(12)13)11(14)15/h3-7H2,1-2H3,(H,12,13)(H,14,15). The summed E-state index contributed by atoms with van der Waals surface area (Å²) in [6.45, 7) is 3.66. The molecule has 4 nitrogen and oxygen atoms in total. The van der Waals surface area contributed by atoms with Gasteiger partial charge in [0.1, 0.15) is 5.57 Å². The maximum absolute atomic E-state index is 10.6. The molecule has 0 aromatic carbocycles. The highest BCUT2D eigenvalue weighted by Crippen LogP contribution is 2.14. The minimum absolute atomic E-state index is 0.450. The monoisotopic (exact) mass is 214 g/mol. The second-order valence-electron chi connectivity index (χ2n) is 3.58. The van der Waals surface area contributed by atoms with Crippen LogP contribution in [0.1, 0.15) is 46.0 Å². The molecule has 0 fully saturated rings. The first-order chi connectivity index (χ1) is 7.00. The fourth-order valence-electron chi connectivity index (χ4n) is 1.40. The molecular formula is C11H18O4. The number of carboxylic acid groups (broad SMARTS) is 2. The molecule has 0 aliphatic carbocycles. The number of allylic oxidation sites excluding steroid dienone is 1. The number of hydrogen-bond donors (Lipinski definition) is 2. The minimum atomic E-state index is -1.35. The van der Waals surface area contributed by atoms with Gasteiger partial charge in [0.05, 0.1) is 0 Å². The van der Waals surface area contributed by atoms with Crippen LogP contribution < -0.4 is 0 Å². The second-order valence-corrected chi connectivity index (χ2v) is 3.58.